The lowest BCUT2D eigenvalue weighted by Crippen LogP contribution is -2.59. The van der Waals surface area contributed by atoms with E-state index in [1.54, 1.807) is 30.9 Å². The molecule has 1 saturated heterocycles. The van der Waals surface area contributed by atoms with Gasteiger partial charge in [-0.2, -0.15) is 0 Å². The molecule has 0 bridgehead atoms. The third kappa shape index (κ3) is 15.0. The topological polar surface area (TPSA) is 170 Å². The van der Waals surface area contributed by atoms with Crippen LogP contribution in [-0.2, 0) is 46.3 Å². The van der Waals surface area contributed by atoms with Crippen molar-refractivity contribution in [2.75, 3.05) is 53.8 Å². The number of anilines is 1. The number of likely N-dealkylation sites (N-methyl/N-ethyl adjacent to an activating group) is 2. The summed E-state index contributed by atoms with van der Waals surface area (Å²) in [6.45, 7) is 15.0. The first kappa shape index (κ1) is 52.8. The van der Waals surface area contributed by atoms with Gasteiger partial charge in [0.2, 0.25) is 23.6 Å². The van der Waals surface area contributed by atoms with Crippen LogP contribution in [0.1, 0.15) is 91.7 Å². The summed E-state index contributed by atoms with van der Waals surface area (Å²) in [5.41, 5.74) is 2.99. The fourth-order valence-electron chi connectivity index (χ4n) is 9.15. The molecule has 352 valence electrons. The van der Waals surface area contributed by atoms with Gasteiger partial charge in [0.25, 0.3) is 0 Å². The lowest BCUT2D eigenvalue weighted by atomic mass is 9.89. The fourth-order valence-corrected chi connectivity index (χ4v) is 9.15. The van der Waals surface area contributed by atoms with E-state index in [2.05, 4.69) is 33.0 Å². The molecule has 0 saturated carbocycles. The molecule has 14 heteroatoms. The van der Waals surface area contributed by atoms with E-state index in [9.17, 15) is 29.1 Å². The Kier molecular flexibility index (Phi) is 21.5. The molecule has 1 heterocycles. The van der Waals surface area contributed by atoms with E-state index < -0.39 is 60.2 Å². The Morgan fingerprint density at radius 3 is 2.03 bits per heavy atom. The minimum atomic E-state index is -1.14. The van der Waals surface area contributed by atoms with Gasteiger partial charge in [0.15, 0.2) is 0 Å². The molecule has 4 N–H and O–H groups in total. The fraction of sp³-hybridized carbons (Fsp3) is 0.653. The van der Waals surface area contributed by atoms with E-state index in [0.29, 0.717) is 38.8 Å². The Balaban J connectivity index is 1.78. The van der Waals surface area contributed by atoms with Crippen LogP contribution in [0.4, 0.5) is 5.69 Å². The standard InChI is InChI=1S/C49H78N6O8/c1-13-33(6)44(54(10)48(59)38(28-31(2)3)51-47(58)43(32(4)5)53(9)27-25-35-21-23-37(50-8)24-22-35)41(62-11)30-42(56)55-26-17-20-40(55)45(63-12)34(7)46(57)52-39(49(60)61)29-36-18-15-14-16-19-36/h14-16,18-19,21-24,31-34,38-41,43-45,50H,13,17,20,25-30H2,1-12H3,(H,51,58)(H,52,57)(H,60,61)/t33-,34+,38-,39-,40-,41+,43-,44-,45+/m0/s1. The number of carboxylic acids is 1. The highest BCUT2D eigenvalue weighted by molar-refractivity contribution is 5.90. The van der Waals surface area contributed by atoms with Crippen molar-refractivity contribution in [3.05, 3.63) is 65.7 Å². The number of carboxylic acid groups (broad SMARTS) is 1. The summed E-state index contributed by atoms with van der Waals surface area (Å²) in [7, 11) is 8.63. The lowest BCUT2D eigenvalue weighted by Gasteiger charge is -2.41. The molecule has 0 aromatic heterocycles. The van der Waals surface area contributed by atoms with Gasteiger partial charge in [-0.1, -0.05) is 97.4 Å². The number of methoxy groups -OCH3 is 2. The van der Waals surface area contributed by atoms with Gasteiger partial charge < -0.3 is 40.3 Å². The number of hydrogen-bond acceptors (Lipinski definition) is 9. The maximum absolute atomic E-state index is 14.7. The maximum Gasteiger partial charge on any atom is 0.326 e. The third-order valence-corrected chi connectivity index (χ3v) is 12.8. The van der Waals surface area contributed by atoms with Gasteiger partial charge in [-0.25, -0.2) is 4.79 Å². The van der Waals surface area contributed by atoms with Gasteiger partial charge in [-0.15, -0.1) is 0 Å². The summed E-state index contributed by atoms with van der Waals surface area (Å²) in [4.78, 5) is 74.4. The molecule has 0 unspecified atom stereocenters. The van der Waals surface area contributed by atoms with Crippen molar-refractivity contribution in [2.45, 2.75) is 136 Å². The van der Waals surface area contributed by atoms with Crippen LogP contribution >= 0.6 is 0 Å². The normalized spacial score (nSPS) is 18.0. The highest BCUT2D eigenvalue weighted by Crippen LogP contribution is 2.30. The minimum absolute atomic E-state index is 0.0169. The first-order chi connectivity index (χ1) is 29.9. The quantitative estimate of drug-likeness (QED) is 0.0949. The second kappa shape index (κ2) is 25.7. The number of nitrogens with zero attached hydrogens (tertiary/aromatic N) is 3. The van der Waals surface area contributed by atoms with Crippen molar-refractivity contribution in [1.29, 1.82) is 0 Å². The number of carbonyl (C=O) groups excluding carboxylic acids is 4. The SMILES string of the molecule is CC[C@H](C)[C@@H]([C@@H](CC(=O)N1CCC[C@H]1[C@H](OC)[C@@H](C)C(=O)N[C@@H](Cc1ccccc1)C(=O)O)OC)N(C)C(=O)[C@H](CC(C)C)NC(=O)[C@H](C(C)C)N(C)CCc1ccc(NC)cc1. The maximum atomic E-state index is 14.7. The minimum Gasteiger partial charge on any atom is -0.480 e. The van der Waals surface area contributed by atoms with Gasteiger partial charge in [-0.3, -0.25) is 24.1 Å². The van der Waals surface area contributed by atoms with Gasteiger partial charge in [-0.05, 0) is 73.7 Å². The number of aliphatic carboxylic acids is 1. The highest BCUT2D eigenvalue weighted by atomic mass is 16.5. The van der Waals surface area contributed by atoms with Crippen molar-refractivity contribution < 1.29 is 38.6 Å². The van der Waals surface area contributed by atoms with Crippen LogP contribution in [-0.4, -0.2) is 140 Å². The smallest absolute Gasteiger partial charge is 0.326 e. The van der Waals surface area contributed by atoms with Gasteiger partial charge in [0.1, 0.15) is 12.1 Å². The molecular formula is C49H78N6O8. The Morgan fingerprint density at radius 2 is 1.49 bits per heavy atom. The molecule has 1 aliphatic rings. The first-order valence-electron chi connectivity index (χ1n) is 22.8. The number of rotatable bonds is 26. The van der Waals surface area contributed by atoms with Gasteiger partial charge >= 0.3 is 5.97 Å². The Morgan fingerprint density at radius 1 is 0.857 bits per heavy atom. The predicted molar refractivity (Wildman–Crippen MR) is 248 cm³/mol. The van der Waals surface area contributed by atoms with Gasteiger partial charge in [0.05, 0.1) is 42.7 Å². The van der Waals surface area contributed by atoms with E-state index >= 15 is 0 Å². The number of benzene rings is 2. The Bertz CT molecular complexity index is 1740. The molecular weight excluding hydrogens is 801 g/mol. The monoisotopic (exact) mass is 879 g/mol. The molecule has 14 nitrogen and oxygen atoms in total. The predicted octanol–water partition coefficient (Wildman–Crippen LogP) is 5.49. The van der Waals surface area contributed by atoms with E-state index in [0.717, 1.165) is 17.7 Å². The molecule has 63 heavy (non-hydrogen) atoms. The Labute approximate surface area is 377 Å². The Hall–Kier alpha value is -4.53. The molecule has 3 rings (SSSR count). The largest absolute Gasteiger partial charge is 0.480 e. The van der Waals surface area contributed by atoms with Crippen molar-refractivity contribution in [3.8, 4) is 0 Å². The van der Waals surface area contributed by atoms with E-state index in [1.807, 2.05) is 98.1 Å². The number of nitrogens with one attached hydrogen (secondary N) is 3. The average molecular weight is 879 g/mol. The number of amides is 4. The van der Waals surface area contributed by atoms with Crippen LogP contribution in [0.2, 0.25) is 0 Å². The zero-order valence-corrected chi connectivity index (χ0v) is 40.1. The first-order valence-corrected chi connectivity index (χ1v) is 22.8. The molecule has 9 atom stereocenters. The highest BCUT2D eigenvalue weighted by Gasteiger charge is 2.43. The lowest BCUT2D eigenvalue weighted by molar-refractivity contribution is -0.148. The average Bonchev–Trinajstić information content (AvgIpc) is 3.74. The molecule has 0 aliphatic carbocycles. The van der Waals surface area contributed by atoms with E-state index in [4.69, 9.17) is 9.47 Å². The molecule has 1 aliphatic heterocycles. The summed E-state index contributed by atoms with van der Waals surface area (Å²) in [6.07, 6.45) is 1.95. The number of hydrogen-bond donors (Lipinski definition) is 4. The number of carbonyl (C=O) groups is 5. The van der Waals surface area contributed by atoms with Crippen molar-refractivity contribution >= 4 is 35.3 Å². The second-order valence-electron chi connectivity index (χ2n) is 18.2. The van der Waals surface area contributed by atoms with Crippen LogP contribution in [0.5, 0.6) is 0 Å². The van der Waals surface area contributed by atoms with Crippen LogP contribution in [0.25, 0.3) is 0 Å². The molecule has 4 amide bonds. The summed E-state index contributed by atoms with van der Waals surface area (Å²) in [5.74, 6) is -2.97. The van der Waals surface area contributed by atoms with Crippen molar-refractivity contribution in [3.63, 3.8) is 0 Å². The van der Waals surface area contributed by atoms with E-state index in [-0.39, 0.29) is 48.3 Å². The molecule has 2 aromatic carbocycles. The second-order valence-corrected chi connectivity index (χ2v) is 18.2. The van der Waals surface area contributed by atoms with E-state index in [1.165, 1.54) is 12.7 Å². The van der Waals surface area contributed by atoms with Crippen LogP contribution in [0.3, 0.4) is 0 Å². The van der Waals surface area contributed by atoms with Gasteiger partial charge in [0, 0.05) is 53.5 Å². The summed E-state index contributed by atoms with van der Waals surface area (Å²) in [5, 5.41) is 18.9. The summed E-state index contributed by atoms with van der Waals surface area (Å²) >= 11 is 0. The summed E-state index contributed by atoms with van der Waals surface area (Å²) in [6, 6.07) is 14.0. The summed E-state index contributed by atoms with van der Waals surface area (Å²) < 4.78 is 12.0. The third-order valence-electron chi connectivity index (χ3n) is 12.8. The van der Waals surface area contributed by atoms with Crippen molar-refractivity contribution in [2.24, 2.45) is 23.7 Å². The zero-order valence-electron chi connectivity index (χ0n) is 40.1. The molecule has 0 radical (unpaired) electrons. The molecule has 2 aromatic rings. The van der Waals surface area contributed by atoms with Crippen LogP contribution < -0.4 is 16.0 Å². The molecule has 0 spiro atoms. The molecule has 1 fully saturated rings. The van der Waals surface area contributed by atoms with Crippen LogP contribution in [0, 0.1) is 23.7 Å². The number of likely N-dealkylation sites (tertiary alicyclic amines) is 1. The number of ether oxygens (including phenoxy) is 2. The zero-order chi connectivity index (χ0) is 47.0. The van der Waals surface area contributed by atoms with Crippen LogP contribution in [0.15, 0.2) is 54.6 Å². The van der Waals surface area contributed by atoms with Crippen molar-refractivity contribution in [1.82, 2.24) is 25.3 Å².